The average molecular weight is 511 g/mol. The zero-order valence-corrected chi connectivity index (χ0v) is 22.7. The Bertz CT molecular complexity index is 1250. The van der Waals surface area contributed by atoms with Crippen LogP contribution in [0, 0.1) is 17.7 Å². The molecule has 0 N–H and O–H groups in total. The van der Waals surface area contributed by atoms with Gasteiger partial charge in [-0.3, -0.25) is 9.97 Å². The monoisotopic (exact) mass is 510 g/mol. The molecular weight excluding hydrogens is 474 g/mol. The molecule has 7 heteroatoms. The Morgan fingerprint density at radius 2 is 1.89 bits per heavy atom. The fourth-order valence-corrected chi connectivity index (χ4v) is 6.05. The molecule has 0 bridgehead atoms. The molecule has 1 aromatic heterocycles. The van der Waals surface area contributed by atoms with Crippen molar-refractivity contribution < 1.29 is 18.4 Å². The maximum absolute atomic E-state index is 14.7. The van der Waals surface area contributed by atoms with Crippen LogP contribution < -0.4 is 9.47 Å². The van der Waals surface area contributed by atoms with Gasteiger partial charge < -0.3 is 14.0 Å². The molecule has 4 rings (SSSR count). The number of rotatable bonds is 11. The molecule has 0 amide bonds. The third kappa shape index (κ3) is 6.94. The molecule has 5 nitrogen and oxygen atoms in total. The summed E-state index contributed by atoms with van der Waals surface area (Å²) in [6, 6.07) is 12.8. The second-order valence-corrected chi connectivity index (χ2v) is 14.2. The van der Waals surface area contributed by atoms with Crippen molar-refractivity contribution in [3.8, 4) is 22.8 Å². The SMILES string of the molecule is COc1ccc(F)c(-c2ncc(COc3cccc([C@@H](CP(C)(C)=O)C4CC4)c3)nc2CC(C)C)c1. The molecule has 1 heterocycles. The smallest absolute Gasteiger partial charge is 0.132 e. The fraction of sp³-hybridized carbons (Fsp3) is 0.448. The standard InChI is InChI=1S/C29H36FN2O3P/c1-19(2)13-28-29(25-15-23(34-3)11-12-27(25)30)31-16-22(32-28)17-35-24-8-6-7-21(14-24)26(20-9-10-20)18-36(4,5)33/h6-8,11-12,14-16,19-20,26H,9-10,13,17-18H2,1-5H3/t26-/m0/s1. The first kappa shape index (κ1) is 26.3. The Morgan fingerprint density at radius 1 is 1.11 bits per heavy atom. The predicted octanol–water partition coefficient (Wildman–Crippen LogP) is 7.19. The van der Waals surface area contributed by atoms with Gasteiger partial charge in [0, 0.05) is 11.7 Å². The lowest BCUT2D eigenvalue weighted by atomic mass is 9.96. The van der Waals surface area contributed by atoms with Crippen molar-refractivity contribution in [2.24, 2.45) is 11.8 Å². The van der Waals surface area contributed by atoms with Crippen molar-refractivity contribution in [3.63, 3.8) is 0 Å². The van der Waals surface area contributed by atoms with Crippen LogP contribution in [0.4, 0.5) is 4.39 Å². The van der Waals surface area contributed by atoms with Crippen LogP contribution in [0.5, 0.6) is 11.5 Å². The number of aromatic nitrogens is 2. The van der Waals surface area contributed by atoms with E-state index in [-0.39, 0.29) is 12.4 Å². The maximum Gasteiger partial charge on any atom is 0.132 e. The highest BCUT2D eigenvalue weighted by Crippen LogP contribution is 2.51. The third-order valence-corrected chi connectivity index (χ3v) is 7.70. The molecule has 36 heavy (non-hydrogen) atoms. The predicted molar refractivity (Wildman–Crippen MR) is 143 cm³/mol. The lowest BCUT2D eigenvalue weighted by Gasteiger charge is -2.20. The van der Waals surface area contributed by atoms with Crippen molar-refractivity contribution in [2.45, 2.75) is 45.6 Å². The van der Waals surface area contributed by atoms with Gasteiger partial charge in [0.05, 0.1) is 37.5 Å². The molecule has 1 fully saturated rings. The van der Waals surface area contributed by atoms with Crippen molar-refractivity contribution in [1.29, 1.82) is 0 Å². The van der Waals surface area contributed by atoms with Crippen LogP contribution in [0.2, 0.25) is 0 Å². The van der Waals surface area contributed by atoms with Crippen LogP contribution in [0.3, 0.4) is 0 Å². The number of hydrogen-bond donors (Lipinski definition) is 0. The Hall–Kier alpha value is -2.72. The van der Waals surface area contributed by atoms with Crippen LogP contribution >= 0.6 is 7.14 Å². The quantitative estimate of drug-likeness (QED) is 0.256. The minimum absolute atomic E-state index is 0.260. The van der Waals surface area contributed by atoms with Crippen molar-refractivity contribution >= 4 is 7.14 Å². The first-order valence-corrected chi connectivity index (χ1v) is 15.4. The topological polar surface area (TPSA) is 61.3 Å². The van der Waals surface area contributed by atoms with Gasteiger partial charge in [-0.2, -0.15) is 0 Å². The van der Waals surface area contributed by atoms with E-state index in [1.807, 2.05) is 25.5 Å². The Kier molecular flexibility index (Phi) is 8.14. The van der Waals surface area contributed by atoms with E-state index in [0.717, 1.165) is 17.6 Å². The summed E-state index contributed by atoms with van der Waals surface area (Å²) in [5, 5.41) is 0. The van der Waals surface area contributed by atoms with Gasteiger partial charge in [-0.05, 0) is 86.2 Å². The molecule has 1 aliphatic carbocycles. The van der Waals surface area contributed by atoms with Gasteiger partial charge in [0.1, 0.15) is 23.9 Å². The van der Waals surface area contributed by atoms with E-state index in [9.17, 15) is 8.96 Å². The largest absolute Gasteiger partial charge is 0.497 e. The summed E-state index contributed by atoms with van der Waals surface area (Å²) in [5.41, 5.74) is 3.53. The highest BCUT2D eigenvalue weighted by atomic mass is 31.2. The fourth-order valence-electron chi connectivity index (χ4n) is 4.60. The van der Waals surface area contributed by atoms with Gasteiger partial charge in [0.15, 0.2) is 0 Å². The van der Waals surface area contributed by atoms with Gasteiger partial charge in [0.25, 0.3) is 0 Å². The molecule has 1 aliphatic rings. The molecule has 1 saturated carbocycles. The number of hydrogen-bond acceptors (Lipinski definition) is 5. The Morgan fingerprint density at radius 3 is 2.56 bits per heavy atom. The molecule has 2 aromatic carbocycles. The Labute approximate surface area is 213 Å². The summed E-state index contributed by atoms with van der Waals surface area (Å²) in [6.07, 6.45) is 5.45. The second kappa shape index (κ2) is 11.1. The molecular formula is C29H36FN2O3P. The highest BCUT2D eigenvalue weighted by molar-refractivity contribution is 7.62. The van der Waals surface area contributed by atoms with Crippen LogP contribution in [-0.4, -0.2) is 36.6 Å². The van der Waals surface area contributed by atoms with Crippen LogP contribution in [0.15, 0.2) is 48.7 Å². The summed E-state index contributed by atoms with van der Waals surface area (Å²) in [4.78, 5) is 9.41. The first-order valence-electron chi connectivity index (χ1n) is 12.6. The molecule has 192 valence electrons. The van der Waals surface area contributed by atoms with Gasteiger partial charge >= 0.3 is 0 Å². The van der Waals surface area contributed by atoms with Crippen molar-refractivity contribution in [1.82, 2.24) is 9.97 Å². The molecule has 0 spiro atoms. The minimum atomic E-state index is -2.13. The van der Waals surface area contributed by atoms with E-state index in [2.05, 4.69) is 31.0 Å². The summed E-state index contributed by atoms with van der Waals surface area (Å²) < 4.78 is 38.6. The average Bonchev–Trinajstić information content (AvgIpc) is 3.67. The number of halogens is 1. The van der Waals surface area contributed by atoms with Gasteiger partial charge in [-0.25, -0.2) is 4.39 Å². The van der Waals surface area contributed by atoms with Crippen molar-refractivity contribution in [3.05, 3.63) is 71.4 Å². The molecule has 0 radical (unpaired) electrons. The summed E-state index contributed by atoms with van der Waals surface area (Å²) >= 11 is 0. The van der Waals surface area contributed by atoms with E-state index in [1.54, 1.807) is 25.4 Å². The highest BCUT2D eigenvalue weighted by Gasteiger charge is 2.34. The molecule has 0 aliphatic heterocycles. The number of ether oxygens (including phenoxy) is 2. The Balaban J connectivity index is 1.55. The van der Waals surface area contributed by atoms with Crippen LogP contribution in [0.1, 0.15) is 49.6 Å². The minimum Gasteiger partial charge on any atom is -0.497 e. The van der Waals surface area contributed by atoms with E-state index < -0.39 is 7.14 Å². The van der Waals surface area contributed by atoms with E-state index in [4.69, 9.17) is 14.5 Å². The number of nitrogens with zero attached hydrogens (tertiary/aromatic N) is 2. The zero-order chi connectivity index (χ0) is 25.9. The van der Waals surface area contributed by atoms with E-state index >= 15 is 0 Å². The van der Waals surface area contributed by atoms with Crippen LogP contribution in [-0.2, 0) is 17.6 Å². The molecule has 0 unspecified atom stereocenters. The van der Waals surface area contributed by atoms with E-state index in [0.29, 0.717) is 46.9 Å². The van der Waals surface area contributed by atoms with Gasteiger partial charge in [-0.1, -0.05) is 26.0 Å². The van der Waals surface area contributed by atoms with E-state index in [1.165, 1.54) is 24.5 Å². The summed E-state index contributed by atoms with van der Waals surface area (Å²) in [6.45, 7) is 8.21. The van der Waals surface area contributed by atoms with Crippen LogP contribution in [0.25, 0.3) is 11.3 Å². The second-order valence-electron chi connectivity index (χ2n) is 10.7. The number of methoxy groups -OCH3 is 1. The molecule has 1 atom stereocenters. The zero-order valence-electron chi connectivity index (χ0n) is 21.8. The summed E-state index contributed by atoms with van der Waals surface area (Å²) in [5.74, 6) is 2.22. The lowest BCUT2D eigenvalue weighted by Crippen LogP contribution is -2.09. The normalized spacial score (nSPS) is 14.6. The van der Waals surface area contributed by atoms with Gasteiger partial charge in [-0.15, -0.1) is 0 Å². The first-order chi connectivity index (χ1) is 17.1. The molecule has 3 aromatic rings. The summed E-state index contributed by atoms with van der Waals surface area (Å²) in [7, 11) is -0.571. The molecule has 0 saturated heterocycles. The van der Waals surface area contributed by atoms with Gasteiger partial charge in [0.2, 0.25) is 0 Å². The van der Waals surface area contributed by atoms with Crippen molar-refractivity contribution in [2.75, 3.05) is 26.6 Å². The lowest BCUT2D eigenvalue weighted by molar-refractivity contribution is 0.299. The third-order valence-electron chi connectivity index (χ3n) is 6.43. The number of benzene rings is 2. The maximum atomic E-state index is 14.7.